The molecule has 5 nitrogen and oxygen atoms in total. The van der Waals surface area contributed by atoms with Gasteiger partial charge in [0.15, 0.2) is 16.7 Å². The molecule has 3 rings (SSSR count). The highest BCUT2D eigenvalue weighted by molar-refractivity contribution is 8.18. The van der Waals surface area contributed by atoms with Crippen molar-refractivity contribution in [2.75, 3.05) is 7.11 Å². The van der Waals surface area contributed by atoms with Crippen molar-refractivity contribution in [2.24, 2.45) is 4.99 Å². The number of ether oxygens (including phenoxy) is 2. The van der Waals surface area contributed by atoms with Crippen LogP contribution >= 0.6 is 35.0 Å². The molecule has 0 bridgehead atoms. The average molecular weight is 493 g/mol. The van der Waals surface area contributed by atoms with Gasteiger partial charge in [0.05, 0.1) is 22.1 Å². The second-order valence-corrected chi connectivity index (χ2v) is 9.66. The fraction of sp³-hybridized carbons (Fsp3) is 0.333. The van der Waals surface area contributed by atoms with Crippen LogP contribution in [0.5, 0.6) is 11.5 Å². The van der Waals surface area contributed by atoms with Gasteiger partial charge >= 0.3 is 0 Å². The Labute approximate surface area is 203 Å². The summed E-state index contributed by atoms with van der Waals surface area (Å²) in [6.07, 6.45) is 1.86. The molecule has 1 aliphatic heterocycles. The van der Waals surface area contributed by atoms with Crippen LogP contribution in [0.3, 0.4) is 0 Å². The average Bonchev–Trinajstić information content (AvgIpc) is 3.03. The third kappa shape index (κ3) is 5.80. The molecule has 0 aromatic heterocycles. The van der Waals surface area contributed by atoms with Crippen molar-refractivity contribution in [3.05, 3.63) is 62.5 Å². The molecule has 2 aromatic carbocycles. The van der Waals surface area contributed by atoms with Crippen molar-refractivity contribution in [2.45, 2.75) is 46.4 Å². The smallest absolute Gasteiger partial charge is 0.266 e. The summed E-state index contributed by atoms with van der Waals surface area (Å²) >= 11 is 13.4. The first-order chi connectivity index (χ1) is 15.2. The van der Waals surface area contributed by atoms with E-state index in [0.29, 0.717) is 33.1 Å². The molecule has 0 atom stereocenters. The van der Waals surface area contributed by atoms with Gasteiger partial charge in [-0.1, -0.05) is 35.3 Å². The summed E-state index contributed by atoms with van der Waals surface area (Å²) in [6, 6.07) is 11.1. The van der Waals surface area contributed by atoms with Crippen molar-refractivity contribution >= 4 is 52.1 Å². The second kappa shape index (κ2) is 10.6. The van der Waals surface area contributed by atoms with E-state index in [1.165, 1.54) is 11.8 Å². The van der Waals surface area contributed by atoms with Crippen LogP contribution in [0.25, 0.3) is 6.08 Å². The molecule has 0 N–H and O–H groups in total. The molecule has 32 heavy (non-hydrogen) atoms. The minimum Gasteiger partial charge on any atom is -0.493 e. The van der Waals surface area contributed by atoms with Crippen LogP contribution in [0.4, 0.5) is 0 Å². The predicted molar refractivity (Wildman–Crippen MR) is 134 cm³/mol. The number of hydrogen-bond donors (Lipinski definition) is 0. The lowest BCUT2D eigenvalue weighted by molar-refractivity contribution is -0.123. The van der Waals surface area contributed by atoms with E-state index in [9.17, 15) is 4.79 Å². The number of amidine groups is 1. The number of aliphatic imine (C=N–C) groups is 1. The minimum absolute atomic E-state index is 0.0325. The lowest BCUT2D eigenvalue weighted by Gasteiger charge is -2.20. The third-order valence-corrected chi connectivity index (χ3v) is 6.32. The molecular weight excluding hydrogens is 467 g/mol. The molecule has 0 unspecified atom stereocenters. The van der Waals surface area contributed by atoms with Crippen LogP contribution in [0.1, 0.15) is 38.8 Å². The van der Waals surface area contributed by atoms with Gasteiger partial charge in [0.1, 0.15) is 6.61 Å². The van der Waals surface area contributed by atoms with E-state index in [-0.39, 0.29) is 18.0 Å². The van der Waals surface area contributed by atoms with Crippen LogP contribution in [0, 0.1) is 0 Å². The zero-order valence-corrected chi connectivity index (χ0v) is 21.0. The zero-order valence-electron chi connectivity index (χ0n) is 18.7. The lowest BCUT2D eigenvalue weighted by Crippen LogP contribution is -2.35. The monoisotopic (exact) mass is 492 g/mol. The zero-order chi connectivity index (χ0) is 23.4. The summed E-state index contributed by atoms with van der Waals surface area (Å²) in [7, 11) is 1.58. The molecule has 1 heterocycles. The number of thioether (sulfide) groups is 1. The molecule has 0 aliphatic carbocycles. The molecule has 0 spiro atoms. The first-order valence-corrected chi connectivity index (χ1v) is 11.8. The lowest BCUT2D eigenvalue weighted by atomic mass is 10.1. The fourth-order valence-electron chi connectivity index (χ4n) is 3.09. The summed E-state index contributed by atoms with van der Waals surface area (Å²) in [5, 5.41) is 1.72. The maximum Gasteiger partial charge on any atom is 0.266 e. The van der Waals surface area contributed by atoms with Crippen LogP contribution in [-0.2, 0) is 11.4 Å². The van der Waals surface area contributed by atoms with E-state index < -0.39 is 0 Å². The van der Waals surface area contributed by atoms with Gasteiger partial charge in [-0.2, -0.15) is 0 Å². The Morgan fingerprint density at radius 3 is 2.44 bits per heavy atom. The highest BCUT2D eigenvalue weighted by atomic mass is 35.5. The van der Waals surface area contributed by atoms with E-state index >= 15 is 0 Å². The minimum atomic E-state index is -0.0386. The number of rotatable bonds is 7. The Hall–Kier alpha value is -2.15. The number of halogens is 2. The molecule has 1 aliphatic rings. The normalized spacial score (nSPS) is 16.7. The number of benzene rings is 2. The summed E-state index contributed by atoms with van der Waals surface area (Å²) in [4.78, 5) is 19.9. The molecule has 1 amide bonds. The van der Waals surface area contributed by atoms with Crippen molar-refractivity contribution in [3.63, 3.8) is 0 Å². The highest BCUT2D eigenvalue weighted by Gasteiger charge is 2.35. The van der Waals surface area contributed by atoms with Crippen LogP contribution in [-0.4, -0.2) is 35.2 Å². The number of amides is 1. The maximum absolute atomic E-state index is 13.0. The van der Waals surface area contributed by atoms with E-state index in [1.807, 2.05) is 58.0 Å². The molecule has 170 valence electrons. The molecule has 8 heteroatoms. The van der Waals surface area contributed by atoms with Gasteiger partial charge in [0, 0.05) is 12.1 Å². The number of hydrogen-bond acceptors (Lipinski definition) is 5. The Morgan fingerprint density at radius 1 is 1.06 bits per heavy atom. The summed E-state index contributed by atoms with van der Waals surface area (Å²) in [5.41, 5.74) is 1.74. The Bertz CT molecular complexity index is 1070. The first kappa shape index (κ1) is 24.5. The van der Waals surface area contributed by atoms with Crippen molar-refractivity contribution in [3.8, 4) is 11.5 Å². The molecular formula is C24H26Cl2N2O3S. The first-order valence-electron chi connectivity index (χ1n) is 10.2. The maximum atomic E-state index is 13.0. The molecule has 0 radical (unpaired) electrons. The largest absolute Gasteiger partial charge is 0.493 e. The van der Waals surface area contributed by atoms with Crippen LogP contribution in [0.15, 0.2) is 46.3 Å². The van der Waals surface area contributed by atoms with E-state index in [1.54, 1.807) is 24.1 Å². The number of carbonyl (C=O) groups is 1. The van der Waals surface area contributed by atoms with E-state index in [2.05, 4.69) is 4.99 Å². The van der Waals surface area contributed by atoms with Crippen molar-refractivity contribution < 1.29 is 14.3 Å². The van der Waals surface area contributed by atoms with Gasteiger partial charge < -0.3 is 9.47 Å². The second-order valence-electron chi connectivity index (χ2n) is 7.83. The van der Waals surface area contributed by atoms with Gasteiger partial charge in [0.2, 0.25) is 0 Å². The quantitative estimate of drug-likeness (QED) is 0.404. The van der Waals surface area contributed by atoms with Gasteiger partial charge in [-0.15, -0.1) is 0 Å². The van der Waals surface area contributed by atoms with Crippen LogP contribution in [0.2, 0.25) is 10.0 Å². The third-order valence-electron chi connectivity index (χ3n) is 4.59. The predicted octanol–water partition coefficient (Wildman–Crippen LogP) is 6.67. The summed E-state index contributed by atoms with van der Waals surface area (Å²) < 4.78 is 11.4. The Morgan fingerprint density at radius 2 is 1.81 bits per heavy atom. The van der Waals surface area contributed by atoms with Gasteiger partial charge in [0.25, 0.3) is 5.91 Å². The fourth-order valence-corrected chi connectivity index (χ4v) is 4.64. The molecule has 2 aromatic rings. The summed E-state index contributed by atoms with van der Waals surface area (Å²) in [6.45, 7) is 8.29. The topological polar surface area (TPSA) is 51.1 Å². The molecule has 1 fully saturated rings. The highest BCUT2D eigenvalue weighted by Crippen LogP contribution is 2.36. The Kier molecular flexibility index (Phi) is 8.15. The van der Waals surface area contributed by atoms with Crippen molar-refractivity contribution in [1.29, 1.82) is 0 Å². The molecule has 0 saturated carbocycles. The van der Waals surface area contributed by atoms with Gasteiger partial charge in [-0.05, 0) is 80.9 Å². The van der Waals surface area contributed by atoms with Gasteiger partial charge in [-0.25, -0.2) is 0 Å². The number of methoxy groups -OCH3 is 1. The molecule has 1 saturated heterocycles. The van der Waals surface area contributed by atoms with Crippen LogP contribution < -0.4 is 9.47 Å². The van der Waals surface area contributed by atoms with E-state index in [0.717, 1.165) is 16.3 Å². The number of nitrogens with zero attached hydrogens (tertiary/aromatic N) is 2. The SMILES string of the molecule is COc1cc(/C=C2/SC(=NC(C)C)N(C(C)C)C2=O)ccc1OCc1ccc(Cl)c(Cl)c1. The standard InChI is InChI=1S/C24H26Cl2N2O3S/c1-14(2)27-24-28(15(3)4)23(29)22(32-24)12-16-7-9-20(21(11-16)30-5)31-13-17-6-8-18(25)19(26)10-17/h6-12,14-15H,13H2,1-5H3/b22-12+,27-24?. The Balaban J connectivity index is 1.81. The number of carbonyl (C=O) groups excluding carboxylic acids is 1. The van der Waals surface area contributed by atoms with E-state index in [4.69, 9.17) is 32.7 Å². The van der Waals surface area contributed by atoms with Gasteiger partial charge in [-0.3, -0.25) is 14.7 Å². The van der Waals surface area contributed by atoms with Crippen molar-refractivity contribution in [1.82, 2.24) is 4.90 Å². The summed E-state index contributed by atoms with van der Waals surface area (Å²) in [5.74, 6) is 1.13.